The standard InChI is InChI=1S/C17H25NO3/c1-2-20-17(19)11-4-3-7-12-18-13-8-14-21-16-10-6-5-9-15(16)18/h5-6,9-10H,2-4,7-8,11-14H2,1H3. The number of carbonyl (C=O) groups excluding carboxylic acids is 1. The molecule has 0 spiro atoms. The summed E-state index contributed by atoms with van der Waals surface area (Å²) in [5.74, 6) is 0.910. The van der Waals surface area contributed by atoms with E-state index in [4.69, 9.17) is 9.47 Å². The number of esters is 1. The molecular formula is C17H25NO3. The molecule has 0 bridgehead atoms. The number of ether oxygens (including phenoxy) is 2. The fourth-order valence-electron chi connectivity index (χ4n) is 2.61. The number of rotatable bonds is 7. The highest BCUT2D eigenvalue weighted by atomic mass is 16.5. The summed E-state index contributed by atoms with van der Waals surface area (Å²) in [6, 6.07) is 8.23. The lowest BCUT2D eigenvalue weighted by Gasteiger charge is -2.23. The highest BCUT2D eigenvalue weighted by Crippen LogP contribution is 2.30. The van der Waals surface area contributed by atoms with Gasteiger partial charge in [0.15, 0.2) is 0 Å². The summed E-state index contributed by atoms with van der Waals surface area (Å²) in [5, 5.41) is 0. The number of fused-ring (bicyclic) bond motifs is 1. The molecule has 21 heavy (non-hydrogen) atoms. The van der Waals surface area contributed by atoms with E-state index >= 15 is 0 Å². The maximum Gasteiger partial charge on any atom is 0.305 e. The van der Waals surface area contributed by atoms with Crippen molar-refractivity contribution < 1.29 is 14.3 Å². The first-order valence-corrected chi connectivity index (χ1v) is 7.93. The van der Waals surface area contributed by atoms with Crippen LogP contribution in [0, 0.1) is 0 Å². The molecule has 1 aromatic rings. The zero-order chi connectivity index (χ0) is 14.9. The van der Waals surface area contributed by atoms with Crippen molar-refractivity contribution in [2.75, 3.05) is 31.2 Å². The second-order valence-electron chi connectivity index (χ2n) is 5.27. The molecule has 0 radical (unpaired) electrons. The molecule has 1 heterocycles. The Bertz CT molecular complexity index is 447. The van der Waals surface area contributed by atoms with Crippen molar-refractivity contribution in [2.45, 2.75) is 39.0 Å². The fraction of sp³-hybridized carbons (Fsp3) is 0.588. The molecule has 4 heteroatoms. The summed E-state index contributed by atoms with van der Waals surface area (Å²) in [6.45, 7) is 5.16. The number of hydrogen-bond acceptors (Lipinski definition) is 4. The van der Waals surface area contributed by atoms with E-state index in [1.165, 1.54) is 5.69 Å². The minimum atomic E-state index is -0.0778. The first-order chi connectivity index (χ1) is 10.3. The Labute approximate surface area is 127 Å². The molecule has 0 aromatic heterocycles. The van der Waals surface area contributed by atoms with Crippen LogP contribution in [-0.2, 0) is 9.53 Å². The zero-order valence-corrected chi connectivity index (χ0v) is 12.8. The van der Waals surface area contributed by atoms with Crippen molar-refractivity contribution in [1.82, 2.24) is 0 Å². The van der Waals surface area contributed by atoms with Gasteiger partial charge in [-0.1, -0.05) is 18.6 Å². The molecule has 1 aliphatic heterocycles. The maximum atomic E-state index is 11.3. The van der Waals surface area contributed by atoms with Crippen LogP contribution in [0.3, 0.4) is 0 Å². The number of nitrogens with zero attached hydrogens (tertiary/aromatic N) is 1. The second-order valence-corrected chi connectivity index (χ2v) is 5.27. The number of para-hydroxylation sites is 2. The SMILES string of the molecule is CCOC(=O)CCCCCN1CCCOc2ccccc21. The van der Waals surface area contributed by atoms with E-state index in [1.54, 1.807) is 0 Å². The van der Waals surface area contributed by atoms with Crippen LogP contribution < -0.4 is 9.64 Å². The highest BCUT2D eigenvalue weighted by molar-refractivity contribution is 5.69. The molecule has 0 atom stereocenters. The average Bonchev–Trinajstić information content (AvgIpc) is 2.70. The molecule has 0 fully saturated rings. The molecule has 116 valence electrons. The van der Waals surface area contributed by atoms with Gasteiger partial charge in [0.05, 0.1) is 18.9 Å². The monoisotopic (exact) mass is 291 g/mol. The summed E-state index contributed by atoms with van der Waals surface area (Å²) in [6.07, 6.45) is 4.64. The smallest absolute Gasteiger partial charge is 0.305 e. The van der Waals surface area contributed by atoms with Crippen LogP contribution in [0.15, 0.2) is 24.3 Å². The topological polar surface area (TPSA) is 38.8 Å². The first-order valence-electron chi connectivity index (χ1n) is 7.93. The van der Waals surface area contributed by atoms with Crippen molar-refractivity contribution in [3.8, 4) is 5.75 Å². The van der Waals surface area contributed by atoms with E-state index < -0.39 is 0 Å². The molecule has 0 saturated heterocycles. The van der Waals surface area contributed by atoms with Gasteiger partial charge < -0.3 is 14.4 Å². The van der Waals surface area contributed by atoms with E-state index in [9.17, 15) is 4.79 Å². The quantitative estimate of drug-likeness (QED) is 0.570. The van der Waals surface area contributed by atoms with Crippen molar-refractivity contribution >= 4 is 11.7 Å². The minimum Gasteiger partial charge on any atom is -0.491 e. The van der Waals surface area contributed by atoms with Gasteiger partial charge in [0, 0.05) is 19.5 Å². The summed E-state index contributed by atoms with van der Waals surface area (Å²) >= 11 is 0. The van der Waals surface area contributed by atoms with Gasteiger partial charge in [0.1, 0.15) is 5.75 Å². The molecule has 1 aliphatic rings. The van der Waals surface area contributed by atoms with Crippen LogP contribution in [0.4, 0.5) is 5.69 Å². The van der Waals surface area contributed by atoms with Gasteiger partial charge in [-0.15, -0.1) is 0 Å². The Kier molecular flexibility index (Phi) is 6.38. The van der Waals surface area contributed by atoms with Gasteiger partial charge in [-0.3, -0.25) is 4.79 Å². The Morgan fingerprint density at radius 2 is 2.14 bits per heavy atom. The minimum absolute atomic E-state index is 0.0778. The van der Waals surface area contributed by atoms with Crippen LogP contribution in [0.5, 0.6) is 5.75 Å². The zero-order valence-electron chi connectivity index (χ0n) is 12.8. The van der Waals surface area contributed by atoms with Gasteiger partial charge in [0.2, 0.25) is 0 Å². The average molecular weight is 291 g/mol. The van der Waals surface area contributed by atoms with Gasteiger partial charge in [0.25, 0.3) is 0 Å². The predicted molar refractivity (Wildman–Crippen MR) is 83.9 cm³/mol. The van der Waals surface area contributed by atoms with E-state index in [-0.39, 0.29) is 5.97 Å². The Morgan fingerprint density at radius 3 is 3.00 bits per heavy atom. The van der Waals surface area contributed by atoms with E-state index in [1.807, 2.05) is 19.1 Å². The van der Waals surface area contributed by atoms with Crippen LogP contribution in [0.25, 0.3) is 0 Å². The molecular weight excluding hydrogens is 266 g/mol. The Morgan fingerprint density at radius 1 is 1.29 bits per heavy atom. The van der Waals surface area contributed by atoms with E-state index in [2.05, 4.69) is 17.0 Å². The van der Waals surface area contributed by atoms with Crippen molar-refractivity contribution in [3.63, 3.8) is 0 Å². The number of anilines is 1. The lowest BCUT2D eigenvalue weighted by molar-refractivity contribution is -0.143. The van der Waals surface area contributed by atoms with Gasteiger partial charge >= 0.3 is 5.97 Å². The third-order valence-corrected chi connectivity index (χ3v) is 3.65. The van der Waals surface area contributed by atoms with Crippen LogP contribution in [0.1, 0.15) is 39.0 Å². The second kappa shape index (κ2) is 8.55. The summed E-state index contributed by atoms with van der Waals surface area (Å²) < 4.78 is 10.7. The molecule has 0 amide bonds. The van der Waals surface area contributed by atoms with Gasteiger partial charge in [-0.05, 0) is 38.3 Å². The van der Waals surface area contributed by atoms with Crippen molar-refractivity contribution in [1.29, 1.82) is 0 Å². The van der Waals surface area contributed by atoms with Crippen LogP contribution >= 0.6 is 0 Å². The lowest BCUT2D eigenvalue weighted by atomic mass is 10.1. The molecule has 1 aromatic carbocycles. The first kappa shape index (κ1) is 15.7. The maximum absolute atomic E-state index is 11.3. The fourth-order valence-corrected chi connectivity index (χ4v) is 2.61. The number of unbranched alkanes of at least 4 members (excludes halogenated alkanes) is 2. The van der Waals surface area contributed by atoms with Gasteiger partial charge in [-0.25, -0.2) is 0 Å². The molecule has 0 aliphatic carbocycles. The van der Waals surface area contributed by atoms with Crippen molar-refractivity contribution in [3.05, 3.63) is 24.3 Å². The van der Waals surface area contributed by atoms with Crippen LogP contribution in [0.2, 0.25) is 0 Å². The number of carbonyl (C=O) groups is 1. The lowest BCUT2D eigenvalue weighted by Crippen LogP contribution is -2.25. The molecule has 0 N–H and O–H groups in total. The third kappa shape index (κ3) is 4.96. The van der Waals surface area contributed by atoms with E-state index in [0.717, 1.165) is 51.1 Å². The summed E-state index contributed by atoms with van der Waals surface area (Å²) in [5.41, 5.74) is 1.19. The summed E-state index contributed by atoms with van der Waals surface area (Å²) in [4.78, 5) is 13.7. The Hall–Kier alpha value is -1.71. The normalized spacial score (nSPS) is 14.0. The Balaban J connectivity index is 1.74. The third-order valence-electron chi connectivity index (χ3n) is 3.65. The molecule has 2 rings (SSSR count). The van der Waals surface area contributed by atoms with E-state index in [0.29, 0.717) is 13.0 Å². The molecule has 0 saturated carbocycles. The molecule has 4 nitrogen and oxygen atoms in total. The number of hydrogen-bond donors (Lipinski definition) is 0. The largest absolute Gasteiger partial charge is 0.491 e. The highest BCUT2D eigenvalue weighted by Gasteiger charge is 2.15. The van der Waals surface area contributed by atoms with Crippen molar-refractivity contribution in [2.24, 2.45) is 0 Å². The van der Waals surface area contributed by atoms with Gasteiger partial charge in [-0.2, -0.15) is 0 Å². The number of benzene rings is 1. The predicted octanol–water partition coefficient (Wildman–Crippen LogP) is 3.40. The van der Waals surface area contributed by atoms with Crippen LogP contribution in [-0.4, -0.2) is 32.3 Å². The molecule has 0 unspecified atom stereocenters. The summed E-state index contributed by atoms with van der Waals surface area (Å²) in [7, 11) is 0.